The second kappa shape index (κ2) is 7.45. The average Bonchev–Trinajstić information content (AvgIpc) is 3.02. The van der Waals surface area contributed by atoms with Gasteiger partial charge in [-0.05, 0) is 37.1 Å². The Kier molecular flexibility index (Phi) is 5.09. The second-order valence-corrected chi connectivity index (χ2v) is 6.73. The van der Waals surface area contributed by atoms with Gasteiger partial charge in [-0.25, -0.2) is 9.37 Å². The van der Waals surface area contributed by atoms with Crippen molar-refractivity contribution in [3.63, 3.8) is 0 Å². The fourth-order valence-electron chi connectivity index (χ4n) is 2.48. The van der Waals surface area contributed by atoms with Crippen molar-refractivity contribution in [3.05, 3.63) is 64.9 Å². The van der Waals surface area contributed by atoms with Crippen LogP contribution in [0.1, 0.15) is 17.5 Å². The molecular formula is C19H18FN5S. The number of hydrogen-bond acceptors (Lipinski definition) is 4. The van der Waals surface area contributed by atoms with Crippen LogP contribution < -0.4 is 11.5 Å². The van der Waals surface area contributed by atoms with E-state index in [2.05, 4.69) is 15.2 Å². The summed E-state index contributed by atoms with van der Waals surface area (Å²) in [5, 5.41) is 8.60. The zero-order valence-corrected chi connectivity index (χ0v) is 15.2. The van der Waals surface area contributed by atoms with Crippen LogP contribution in [-0.4, -0.2) is 16.7 Å². The number of hydrogen-bond donors (Lipinski definition) is 2. The minimum absolute atomic E-state index is 0.0804. The topological polar surface area (TPSA) is 89.6 Å². The second-order valence-electron chi connectivity index (χ2n) is 5.73. The number of rotatable bonds is 4. The van der Waals surface area contributed by atoms with Gasteiger partial charge in [0.15, 0.2) is 0 Å². The SMILES string of the molecule is C/C(=N\N=C(N)N)c1sc(-c2ccc(-c3ccc(F)cc3)cc2)nc1C. The zero-order valence-electron chi connectivity index (χ0n) is 14.4. The highest BCUT2D eigenvalue weighted by molar-refractivity contribution is 7.17. The first-order chi connectivity index (χ1) is 12.4. The van der Waals surface area contributed by atoms with Crippen LogP contribution in [0.5, 0.6) is 0 Å². The van der Waals surface area contributed by atoms with Gasteiger partial charge in [-0.2, -0.15) is 5.10 Å². The molecule has 0 saturated heterocycles. The molecule has 1 aromatic heterocycles. The third-order valence-electron chi connectivity index (χ3n) is 3.75. The smallest absolute Gasteiger partial charge is 0.211 e. The van der Waals surface area contributed by atoms with Crippen molar-refractivity contribution in [1.82, 2.24) is 4.98 Å². The van der Waals surface area contributed by atoms with Crippen LogP contribution in [0.4, 0.5) is 4.39 Å². The highest BCUT2D eigenvalue weighted by atomic mass is 32.1. The molecule has 3 aromatic rings. The Bertz CT molecular complexity index is 968. The van der Waals surface area contributed by atoms with Crippen molar-refractivity contribution in [1.29, 1.82) is 0 Å². The van der Waals surface area contributed by atoms with Crippen LogP contribution >= 0.6 is 11.3 Å². The van der Waals surface area contributed by atoms with Crippen LogP contribution in [0, 0.1) is 12.7 Å². The molecule has 0 fully saturated rings. The molecule has 1 heterocycles. The predicted molar refractivity (Wildman–Crippen MR) is 106 cm³/mol. The first kappa shape index (κ1) is 17.8. The Labute approximate surface area is 154 Å². The molecule has 7 heteroatoms. The van der Waals surface area contributed by atoms with E-state index in [1.165, 1.54) is 23.5 Å². The highest BCUT2D eigenvalue weighted by Gasteiger charge is 2.12. The summed E-state index contributed by atoms with van der Waals surface area (Å²) in [6.45, 7) is 3.77. The Morgan fingerprint density at radius 2 is 1.46 bits per heavy atom. The Morgan fingerprint density at radius 1 is 0.923 bits per heavy atom. The molecule has 4 N–H and O–H groups in total. The lowest BCUT2D eigenvalue weighted by Crippen LogP contribution is -2.22. The van der Waals surface area contributed by atoms with Crippen molar-refractivity contribution in [3.8, 4) is 21.7 Å². The van der Waals surface area contributed by atoms with E-state index in [9.17, 15) is 4.39 Å². The van der Waals surface area contributed by atoms with Crippen LogP contribution in [0.2, 0.25) is 0 Å². The lowest BCUT2D eigenvalue weighted by molar-refractivity contribution is 0.628. The molecule has 0 aliphatic heterocycles. The Hall–Kier alpha value is -3.06. The first-order valence-corrected chi connectivity index (χ1v) is 8.73. The number of nitrogens with zero attached hydrogens (tertiary/aromatic N) is 3. The van der Waals surface area contributed by atoms with Crippen molar-refractivity contribution >= 4 is 23.0 Å². The van der Waals surface area contributed by atoms with Crippen molar-refractivity contribution in [2.75, 3.05) is 0 Å². The van der Waals surface area contributed by atoms with E-state index in [0.29, 0.717) is 5.71 Å². The van der Waals surface area contributed by atoms with Crippen LogP contribution in [0.3, 0.4) is 0 Å². The Morgan fingerprint density at radius 3 is 2.04 bits per heavy atom. The number of aromatic nitrogens is 1. The largest absolute Gasteiger partial charge is 0.369 e. The van der Waals surface area contributed by atoms with E-state index in [4.69, 9.17) is 11.5 Å². The van der Waals surface area contributed by atoms with Gasteiger partial charge in [0.05, 0.1) is 16.3 Å². The maximum atomic E-state index is 13.1. The molecule has 0 amide bonds. The van der Waals surface area contributed by atoms with Gasteiger partial charge in [0.2, 0.25) is 5.96 Å². The lowest BCUT2D eigenvalue weighted by atomic mass is 10.0. The maximum Gasteiger partial charge on any atom is 0.211 e. The quantitative estimate of drug-likeness (QED) is 0.416. The fraction of sp³-hybridized carbons (Fsp3) is 0.105. The molecule has 0 aliphatic rings. The summed E-state index contributed by atoms with van der Waals surface area (Å²) in [6.07, 6.45) is 0. The number of halogens is 1. The average molecular weight is 367 g/mol. The monoisotopic (exact) mass is 367 g/mol. The summed E-state index contributed by atoms with van der Waals surface area (Å²) in [5.74, 6) is -0.322. The van der Waals surface area contributed by atoms with Gasteiger partial charge in [-0.1, -0.05) is 36.4 Å². The lowest BCUT2D eigenvalue weighted by Gasteiger charge is -2.03. The van der Waals surface area contributed by atoms with Crippen LogP contribution in [0.15, 0.2) is 58.7 Å². The van der Waals surface area contributed by atoms with Crippen LogP contribution in [0.25, 0.3) is 21.7 Å². The fourth-order valence-corrected chi connectivity index (χ4v) is 3.49. The van der Waals surface area contributed by atoms with Gasteiger partial charge in [-0.15, -0.1) is 16.4 Å². The molecule has 26 heavy (non-hydrogen) atoms. The molecule has 132 valence electrons. The summed E-state index contributed by atoms with van der Waals surface area (Å²) < 4.78 is 13.1. The molecule has 0 atom stereocenters. The van der Waals surface area contributed by atoms with Gasteiger partial charge < -0.3 is 11.5 Å². The predicted octanol–water partition coefficient (Wildman–Crippen LogP) is 3.92. The number of benzene rings is 2. The molecule has 0 aliphatic carbocycles. The van der Waals surface area contributed by atoms with Crippen molar-refractivity contribution < 1.29 is 4.39 Å². The van der Waals surface area contributed by atoms with Gasteiger partial charge in [0.1, 0.15) is 10.8 Å². The summed E-state index contributed by atoms with van der Waals surface area (Å²) in [4.78, 5) is 5.56. The first-order valence-electron chi connectivity index (χ1n) is 7.91. The maximum absolute atomic E-state index is 13.1. The number of guanidine groups is 1. The summed E-state index contributed by atoms with van der Waals surface area (Å²) in [6, 6.07) is 14.4. The molecule has 0 bridgehead atoms. The summed E-state index contributed by atoms with van der Waals surface area (Å²) in [5.41, 5.74) is 15.2. The standard InChI is InChI=1S/C19H18FN5S/c1-11-17(12(2)24-25-19(21)22)26-18(23-11)15-5-3-13(4-6-15)14-7-9-16(20)10-8-14/h3-10H,1-2H3,(H4,21,22,25)/b24-12+. The molecule has 3 rings (SSSR count). The van der Waals surface area contributed by atoms with Crippen molar-refractivity contribution in [2.24, 2.45) is 21.7 Å². The highest BCUT2D eigenvalue weighted by Crippen LogP contribution is 2.30. The zero-order chi connectivity index (χ0) is 18.7. The molecular weight excluding hydrogens is 349 g/mol. The van der Waals surface area contributed by atoms with Gasteiger partial charge in [-0.3, -0.25) is 0 Å². The third kappa shape index (κ3) is 3.94. The number of nitrogens with two attached hydrogens (primary N) is 2. The van der Waals surface area contributed by atoms with E-state index >= 15 is 0 Å². The van der Waals surface area contributed by atoms with E-state index < -0.39 is 0 Å². The molecule has 5 nitrogen and oxygen atoms in total. The number of thiazole rings is 1. The van der Waals surface area contributed by atoms with Crippen LogP contribution in [-0.2, 0) is 0 Å². The molecule has 0 spiro atoms. The summed E-state index contributed by atoms with van der Waals surface area (Å²) in [7, 11) is 0. The van der Waals surface area contributed by atoms with E-state index in [0.717, 1.165) is 32.3 Å². The normalized spacial score (nSPS) is 11.4. The van der Waals surface area contributed by atoms with E-state index in [1.54, 1.807) is 12.1 Å². The van der Waals surface area contributed by atoms with Crippen molar-refractivity contribution in [2.45, 2.75) is 13.8 Å². The minimum atomic E-state index is -0.242. The molecule has 2 aromatic carbocycles. The molecule has 0 saturated carbocycles. The van der Waals surface area contributed by atoms with Gasteiger partial charge in [0, 0.05) is 5.56 Å². The van der Waals surface area contributed by atoms with E-state index in [1.807, 2.05) is 38.1 Å². The molecule has 0 radical (unpaired) electrons. The summed E-state index contributed by atoms with van der Waals surface area (Å²) >= 11 is 1.53. The Balaban J connectivity index is 1.88. The van der Waals surface area contributed by atoms with Gasteiger partial charge in [0.25, 0.3) is 0 Å². The molecule has 0 unspecified atom stereocenters. The number of aryl methyl sites for hydroxylation is 1. The van der Waals surface area contributed by atoms with E-state index in [-0.39, 0.29) is 11.8 Å². The third-order valence-corrected chi connectivity index (χ3v) is 5.07. The van der Waals surface area contributed by atoms with Gasteiger partial charge >= 0.3 is 0 Å². The minimum Gasteiger partial charge on any atom is -0.369 e.